The van der Waals surface area contributed by atoms with Crippen LogP contribution in [0, 0.1) is 34.5 Å². The number of ketones is 2. The van der Waals surface area contributed by atoms with Crippen LogP contribution in [0.15, 0.2) is 35.1 Å². The summed E-state index contributed by atoms with van der Waals surface area (Å²) in [5.74, 6) is -0.494. The fraction of sp³-hybridized carbons (Fsp3) is 0.636. The van der Waals surface area contributed by atoms with E-state index in [1.165, 1.54) is 6.08 Å². The van der Waals surface area contributed by atoms with E-state index in [2.05, 4.69) is 20.4 Å². The number of hydrogen-bond acceptors (Lipinski definition) is 3. The molecule has 0 aliphatic heterocycles. The Labute approximate surface area is 154 Å². The van der Waals surface area contributed by atoms with Gasteiger partial charge in [0.15, 0.2) is 17.7 Å². The molecule has 3 saturated carbocycles. The van der Waals surface area contributed by atoms with Crippen LogP contribution in [-0.4, -0.2) is 22.8 Å². The Morgan fingerprint density at radius 2 is 1.92 bits per heavy atom. The number of aliphatic hydroxyl groups is 1. The molecule has 4 aliphatic rings. The zero-order valence-corrected chi connectivity index (χ0v) is 15.9. The largest absolute Gasteiger partial charge is 0.504 e. The van der Waals surface area contributed by atoms with Crippen molar-refractivity contribution in [3.05, 3.63) is 35.1 Å². The van der Waals surface area contributed by atoms with E-state index in [1.807, 2.05) is 13.8 Å². The maximum Gasteiger partial charge on any atom is 0.220 e. The molecule has 0 aromatic heterocycles. The third-order valence-electron chi connectivity index (χ3n) is 8.38. The fourth-order valence-electron chi connectivity index (χ4n) is 6.72. The fourth-order valence-corrected chi connectivity index (χ4v) is 6.72. The summed E-state index contributed by atoms with van der Waals surface area (Å²) in [6.07, 6.45) is 1.91. The predicted octanol–water partition coefficient (Wildman–Crippen LogP) is 4.50. The number of halogens is 1. The normalized spacial score (nSPS) is 48.1. The Hall–Kier alpha value is -1.71. The van der Waals surface area contributed by atoms with E-state index in [0.29, 0.717) is 12.0 Å². The standard InChI is InChI=1S/C22H27FO3/c1-10-8-16(24)19(25)18-12(3)11(2)17-13(22(10,18)5)6-7-21(4)14(17)9-15(23)20(21)26/h8,11,13-15,17,25H,3,6-7,9H2,1-2,4-5H3/t11-,13+,14+,15+,17-,21+,22-/m1/s1. The highest BCUT2D eigenvalue weighted by atomic mass is 19.1. The maximum atomic E-state index is 14.4. The molecular formula is C22H27FO3. The van der Waals surface area contributed by atoms with Crippen molar-refractivity contribution in [3.63, 3.8) is 0 Å². The number of rotatable bonds is 0. The molecule has 3 fully saturated rings. The van der Waals surface area contributed by atoms with Gasteiger partial charge in [0, 0.05) is 16.4 Å². The SMILES string of the molecule is C=C1C2=C(O)C(=O)C=C(C)[C@]2(C)[C@H]2CC[C@]3(C)C(=O)[C@@H](F)C[C@H]3[C@@H]2[C@@H]1C. The number of aliphatic hydroxyl groups excluding tert-OH is 1. The first-order chi connectivity index (χ1) is 12.0. The van der Waals surface area contributed by atoms with E-state index in [0.717, 1.165) is 17.6 Å². The molecule has 26 heavy (non-hydrogen) atoms. The first-order valence-electron chi connectivity index (χ1n) is 9.59. The summed E-state index contributed by atoms with van der Waals surface area (Å²) in [6, 6.07) is 0. The van der Waals surface area contributed by atoms with Gasteiger partial charge in [-0.3, -0.25) is 9.59 Å². The molecule has 0 bridgehead atoms. The molecule has 3 nitrogen and oxygen atoms in total. The lowest BCUT2D eigenvalue weighted by atomic mass is 9.44. The van der Waals surface area contributed by atoms with Crippen LogP contribution in [0.2, 0.25) is 0 Å². The Morgan fingerprint density at radius 3 is 2.58 bits per heavy atom. The summed E-state index contributed by atoms with van der Waals surface area (Å²) < 4.78 is 14.4. The number of carbonyl (C=O) groups is 2. The van der Waals surface area contributed by atoms with E-state index in [9.17, 15) is 19.1 Å². The second kappa shape index (κ2) is 5.17. The van der Waals surface area contributed by atoms with Crippen molar-refractivity contribution in [1.82, 2.24) is 0 Å². The van der Waals surface area contributed by atoms with Crippen molar-refractivity contribution in [2.45, 2.75) is 53.1 Å². The summed E-state index contributed by atoms with van der Waals surface area (Å²) in [5.41, 5.74) is 1.29. The first kappa shape index (κ1) is 17.7. The predicted molar refractivity (Wildman–Crippen MR) is 97.2 cm³/mol. The number of fused-ring (bicyclic) bond motifs is 5. The number of alkyl halides is 1. The summed E-state index contributed by atoms with van der Waals surface area (Å²) in [7, 11) is 0. The van der Waals surface area contributed by atoms with Crippen molar-refractivity contribution >= 4 is 11.6 Å². The van der Waals surface area contributed by atoms with Crippen LogP contribution >= 0.6 is 0 Å². The Balaban J connectivity index is 1.89. The van der Waals surface area contributed by atoms with Gasteiger partial charge in [0.2, 0.25) is 5.78 Å². The van der Waals surface area contributed by atoms with Crippen LogP contribution in [0.1, 0.15) is 47.0 Å². The minimum absolute atomic E-state index is 0.00616. The quantitative estimate of drug-likeness (QED) is 0.694. The topological polar surface area (TPSA) is 54.4 Å². The molecule has 4 rings (SSSR count). The van der Waals surface area contributed by atoms with E-state index >= 15 is 0 Å². The zero-order valence-electron chi connectivity index (χ0n) is 15.9. The summed E-state index contributed by atoms with van der Waals surface area (Å²) in [5, 5.41) is 10.6. The molecule has 4 aliphatic carbocycles. The highest BCUT2D eigenvalue weighted by Gasteiger charge is 2.64. The average molecular weight is 358 g/mol. The Morgan fingerprint density at radius 1 is 1.27 bits per heavy atom. The molecule has 0 heterocycles. The van der Waals surface area contributed by atoms with Gasteiger partial charge in [-0.2, -0.15) is 0 Å². The molecule has 0 spiro atoms. The van der Waals surface area contributed by atoms with Gasteiger partial charge in [-0.25, -0.2) is 4.39 Å². The van der Waals surface area contributed by atoms with Crippen LogP contribution in [0.3, 0.4) is 0 Å². The lowest BCUT2D eigenvalue weighted by Crippen LogP contribution is -2.54. The number of carbonyl (C=O) groups excluding carboxylic acids is 2. The number of Topliss-reactive ketones (excluding diaryl/α,β-unsaturated/α-hetero) is 1. The highest BCUT2D eigenvalue weighted by Crippen LogP contribution is 2.67. The smallest absolute Gasteiger partial charge is 0.220 e. The molecule has 0 saturated heterocycles. The molecule has 0 amide bonds. The van der Waals surface area contributed by atoms with Gasteiger partial charge >= 0.3 is 0 Å². The van der Waals surface area contributed by atoms with E-state index in [4.69, 9.17) is 0 Å². The second-order valence-electron chi connectivity index (χ2n) is 9.25. The van der Waals surface area contributed by atoms with E-state index in [1.54, 1.807) is 0 Å². The molecule has 7 atom stereocenters. The molecule has 0 unspecified atom stereocenters. The van der Waals surface area contributed by atoms with Crippen molar-refractivity contribution in [2.75, 3.05) is 0 Å². The number of hydrogen-bond donors (Lipinski definition) is 1. The lowest BCUT2D eigenvalue weighted by Gasteiger charge is -2.59. The van der Waals surface area contributed by atoms with Gasteiger partial charge in [-0.15, -0.1) is 0 Å². The van der Waals surface area contributed by atoms with E-state index < -0.39 is 17.0 Å². The minimum atomic E-state index is -1.37. The molecule has 0 aromatic rings. The third kappa shape index (κ3) is 1.83. The van der Waals surface area contributed by atoms with Crippen molar-refractivity contribution in [3.8, 4) is 0 Å². The first-order valence-corrected chi connectivity index (χ1v) is 9.59. The van der Waals surface area contributed by atoms with Crippen molar-refractivity contribution < 1.29 is 19.1 Å². The summed E-state index contributed by atoms with van der Waals surface area (Å²) in [4.78, 5) is 24.8. The third-order valence-corrected chi connectivity index (χ3v) is 8.38. The Bertz CT molecular complexity index is 806. The van der Waals surface area contributed by atoms with Crippen molar-refractivity contribution in [1.29, 1.82) is 0 Å². The van der Waals surface area contributed by atoms with Crippen LogP contribution in [-0.2, 0) is 9.59 Å². The average Bonchev–Trinajstić information content (AvgIpc) is 2.81. The molecule has 4 heteroatoms. The zero-order chi connectivity index (χ0) is 19.2. The number of allylic oxidation sites excluding steroid dienone is 4. The molecule has 1 N–H and O–H groups in total. The van der Waals surface area contributed by atoms with Gasteiger partial charge in [0.1, 0.15) is 0 Å². The van der Waals surface area contributed by atoms with Crippen LogP contribution in [0.5, 0.6) is 0 Å². The lowest BCUT2D eigenvalue weighted by molar-refractivity contribution is -0.135. The Kier molecular flexibility index (Phi) is 3.52. The minimum Gasteiger partial charge on any atom is -0.504 e. The molecule has 140 valence electrons. The van der Waals surface area contributed by atoms with Crippen LogP contribution in [0.4, 0.5) is 4.39 Å². The van der Waals surface area contributed by atoms with Gasteiger partial charge in [0.05, 0.1) is 0 Å². The van der Waals surface area contributed by atoms with Crippen molar-refractivity contribution in [2.24, 2.45) is 34.5 Å². The highest BCUT2D eigenvalue weighted by molar-refractivity contribution is 6.05. The van der Waals surface area contributed by atoms with Crippen LogP contribution in [0.25, 0.3) is 0 Å². The summed E-state index contributed by atoms with van der Waals surface area (Å²) >= 11 is 0. The molecule has 0 radical (unpaired) electrons. The summed E-state index contributed by atoms with van der Waals surface area (Å²) in [6.45, 7) is 12.2. The second-order valence-corrected chi connectivity index (χ2v) is 9.25. The molecule has 0 aromatic carbocycles. The monoisotopic (exact) mass is 358 g/mol. The van der Waals surface area contributed by atoms with Gasteiger partial charge in [-0.05, 0) is 61.5 Å². The van der Waals surface area contributed by atoms with Gasteiger partial charge in [0.25, 0.3) is 0 Å². The molecular weight excluding hydrogens is 331 g/mol. The maximum absolute atomic E-state index is 14.4. The van der Waals surface area contributed by atoms with Gasteiger partial charge < -0.3 is 5.11 Å². The van der Waals surface area contributed by atoms with Crippen LogP contribution < -0.4 is 0 Å². The van der Waals surface area contributed by atoms with E-state index in [-0.39, 0.29) is 47.4 Å². The van der Waals surface area contributed by atoms with Gasteiger partial charge in [-0.1, -0.05) is 32.9 Å².